The minimum Gasteiger partial charge on any atom is -0.421 e. The van der Waals surface area contributed by atoms with Gasteiger partial charge in [-0.05, 0) is 24.3 Å². The van der Waals surface area contributed by atoms with Gasteiger partial charge in [0.2, 0.25) is 17.7 Å². The van der Waals surface area contributed by atoms with Crippen molar-refractivity contribution in [2.24, 2.45) is 0 Å². The molecule has 1 aliphatic heterocycles. The summed E-state index contributed by atoms with van der Waals surface area (Å²) in [5, 5.41) is 8.53. The summed E-state index contributed by atoms with van der Waals surface area (Å²) in [4.78, 5) is 16.5. The second kappa shape index (κ2) is 9.36. The molecule has 0 saturated carbocycles. The lowest BCUT2D eigenvalue weighted by Gasteiger charge is -2.35. The van der Waals surface area contributed by atoms with Crippen LogP contribution in [0.3, 0.4) is 0 Å². The van der Waals surface area contributed by atoms with Crippen molar-refractivity contribution in [1.29, 1.82) is 0 Å². The minimum absolute atomic E-state index is 0.0537. The molecule has 1 saturated heterocycles. The number of halogens is 2. The zero-order valence-electron chi connectivity index (χ0n) is 16.4. The van der Waals surface area contributed by atoms with Crippen molar-refractivity contribution in [3.63, 3.8) is 0 Å². The lowest BCUT2D eigenvalue weighted by molar-refractivity contribution is -0.133. The van der Waals surface area contributed by atoms with Crippen molar-refractivity contribution in [2.75, 3.05) is 26.2 Å². The van der Waals surface area contributed by atoms with Gasteiger partial charge in [0.25, 0.3) is 0 Å². The van der Waals surface area contributed by atoms with E-state index in [0.29, 0.717) is 67.9 Å². The fourth-order valence-corrected chi connectivity index (χ4v) is 3.71. The average Bonchev–Trinajstić information content (AvgIpc) is 3.25. The zero-order chi connectivity index (χ0) is 20.9. The maximum atomic E-state index is 14.0. The van der Waals surface area contributed by atoms with E-state index in [0.717, 1.165) is 5.56 Å². The number of carbonyl (C=O) groups excluding carboxylic acids is 1. The second-order valence-electron chi connectivity index (χ2n) is 7.22. The molecule has 156 valence electrons. The Bertz CT molecular complexity index is 983. The number of amides is 1. The maximum Gasteiger partial charge on any atom is 0.247 e. The highest BCUT2D eigenvalue weighted by Gasteiger charge is 2.23. The molecule has 0 atom stereocenters. The van der Waals surface area contributed by atoms with E-state index in [2.05, 4.69) is 15.1 Å². The van der Waals surface area contributed by atoms with Gasteiger partial charge in [-0.3, -0.25) is 9.69 Å². The normalized spacial score (nSPS) is 14.8. The topological polar surface area (TPSA) is 62.5 Å². The summed E-state index contributed by atoms with van der Waals surface area (Å²) in [5.74, 6) is 0.668. The number of rotatable bonds is 6. The molecule has 30 heavy (non-hydrogen) atoms. The van der Waals surface area contributed by atoms with Crippen molar-refractivity contribution in [3.8, 4) is 11.5 Å². The molecule has 1 aliphatic rings. The van der Waals surface area contributed by atoms with Crippen LogP contribution in [0.5, 0.6) is 0 Å². The molecule has 0 aliphatic carbocycles. The fraction of sp³-hybridized carbons (Fsp3) is 0.318. The third kappa shape index (κ3) is 4.86. The summed E-state index contributed by atoms with van der Waals surface area (Å²) >= 11 is 6.12. The summed E-state index contributed by atoms with van der Waals surface area (Å²) in [5.41, 5.74) is 1.36. The van der Waals surface area contributed by atoms with E-state index >= 15 is 0 Å². The molecule has 1 fully saturated rings. The average molecular weight is 429 g/mol. The van der Waals surface area contributed by atoms with E-state index < -0.39 is 0 Å². The Balaban J connectivity index is 1.25. The summed E-state index contributed by atoms with van der Waals surface area (Å²) in [7, 11) is 0. The Morgan fingerprint density at radius 3 is 2.53 bits per heavy atom. The molecule has 4 rings (SSSR count). The van der Waals surface area contributed by atoms with E-state index in [-0.39, 0.29) is 11.7 Å². The van der Waals surface area contributed by atoms with Gasteiger partial charge in [0.1, 0.15) is 5.82 Å². The molecule has 8 heteroatoms. The Kier molecular flexibility index (Phi) is 6.40. The Hall–Kier alpha value is -2.77. The number of nitrogens with zero attached hydrogens (tertiary/aromatic N) is 4. The number of aromatic nitrogens is 2. The van der Waals surface area contributed by atoms with Gasteiger partial charge in [0, 0.05) is 61.7 Å². The summed E-state index contributed by atoms with van der Waals surface area (Å²) in [6.07, 6.45) is 0.722. The highest BCUT2D eigenvalue weighted by molar-refractivity contribution is 6.31. The first-order valence-corrected chi connectivity index (χ1v) is 10.3. The number of piperazine rings is 1. The molecule has 0 bridgehead atoms. The van der Waals surface area contributed by atoms with Crippen LogP contribution < -0.4 is 0 Å². The van der Waals surface area contributed by atoms with Crippen LogP contribution in [0, 0.1) is 5.82 Å². The molecule has 2 aromatic carbocycles. The van der Waals surface area contributed by atoms with Gasteiger partial charge in [0.05, 0.1) is 0 Å². The number of carbonyl (C=O) groups is 1. The van der Waals surface area contributed by atoms with Crippen molar-refractivity contribution >= 4 is 17.5 Å². The number of aryl methyl sites for hydroxylation is 1. The van der Waals surface area contributed by atoms with Crippen LogP contribution >= 0.6 is 11.6 Å². The van der Waals surface area contributed by atoms with Crippen LogP contribution in [-0.4, -0.2) is 52.1 Å². The third-order valence-corrected chi connectivity index (χ3v) is 5.56. The van der Waals surface area contributed by atoms with E-state index in [4.69, 9.17) is 16.0 Å². The quantitative estimate of drug-likeness (QED) is 0.597. The molecule has 0 spiro atoms. The van der Waals surface area contributed by atoms with Crippen LogP contribution in [0.25, 0.3) is 11.5 Å². The summed E-state index contributed by atoms with van der Waals surface area (Å²) < 4.78 is 19.7. The lowest BCUT2D eigenvalue weighted by Crippen LogP contribution is -2.48. The smallest absolute Gasteiger partial charge is 0.247 e. The van der Waals surface area contributed by atoms with Crippen molar-refractivity contribution in [2.45, 2.75) is 19.4 Å². The Morgan fingerprint density at radius 2 is 1.80 bits per heavy atom. The van der Waals surface area contributed by atoms with Gasteiger partial charge in [-0.1, -0.05) is 35.9 Å². The van der Waals surface area contributed by atoms with Crippen LogP contribution in [0.2, 0.25) is 5.02 Å². The van der Waals surface area contributed by atoms with Crippen molar-refractivity contribution in [3.05, 3.63) is 70.8 Å². The minimum atomic E-state index is -0.296. The number of hydrogen-bond acceptors (Lipinski definition) is 5. The zero-order valence-corrected chi connectivity index (χ0v) is 17.2. The molecule has 1 aromatic heterocycles. The first kappa shape index (κ1) is 20.5. The molecule has 0 radical (unpaired) electrons. The molecule has 3 aromatic rings. The Labute approximate surface area is 179 Å². The highest BCUT2D eigenvalue weighted by atomic mass is 35.5. The summed E-state index contributed by atoms with van der Waals surface area (Å²) in [6, 6.07) is 14.2. The monoisotopic (exact) mass is 428 g/mol. The highest BCUT2D eigenvalue weighted by Crippen LogP contribution is 2.22. The van der Waals surface area contributed by atoms with E-state index in [1.807, 2.05) is 35.2 Å². The summed E-state index contributed by atoms with van der Waals surface area (Å²) in [6.45, 7) is 3.00. The van der Waals surface area contributed by atoms with Gasteiger partial charge in [0.15, 0.2) is 0 Å². The molecule has 0 unspecified atom stereocenters. The second-order valence-corrected chi connectivity index (χ2v) is 7.63. The molecule has 2 heterocycles. The number of benzene rings is 2. The van der Waals surface area contributed by atoms with Crippen molar-refractivity contribution < 1.29 is 13.6 Å². The predicted octanol–water partition coefficient (Wildman–Crippen LogP) is 3.81. The Morgan fingerprint density at radius 1 is 1.03 bits per heavy atom. The van der Waals surface area contributed by atoms with Gasteiger partial charge >= 0.3 is 0 Å². The third-order valence-electron chi connectivity index (χ3n) is 5.21. The number of hydrogen-bond donors (Lipinski definition) is 0. The van der Waals surface area contributed by atoms with Crippen LogP contribution in [-0.2, 0) is 17.8 Å². The molecule has 1 amide bonds. The SMILES string of the molecule is O=C(CCc1nnc(-c2ccccc2)o1)N1CCN(Cc2c(F)cccc2Cl)CC1. The fourth-order valence-electron chi connectivity index (χ4n) is 3.49. The molecule has 0 N–H and O–H groups in total. The van der Waals surface area contributed by atoms with Crippen LogP contribution in [0.15, 0.2) is 52.9 Å². The van der Waals surface area contributed by atoms with Gasteiger partial charge in [-0.15, -0.1) is 10.2 Å². The first-order chi connectivity index (χ1) is 14.6. The lowest BCUT2D eigenvalue weighted by atomic mass is 10.1. The maximum absolute atomic E-state index is 14.0. The van der Waals surface area contributed by atoms with Gasteiger partial charge in [-0.25, -0.2) is 4.39 Å². The molecular formula is C22H22ClFN4O2. The van der Waals surface area contributed by atoms with Gasteiger partial charge < -0.3 is 9.32 Å². The van der Waals surface area contributed by atoms with E-state index in [1.54, 1.807) is 12.1 Å². The largest absolute Gasteiger partial charge is 0.421 e. The first-order valence-electron chi connectivity index (χ1n) is 9.91. The standard InChI is InChI=1S/C22H22ClFN4O2/c23-18-7-4-8-19(24)17(18)15-27-11-13-28(14-12-27)21(29)10-9-20-25-26-22(30-20)16-5-2-1-3-6-16/h1-8H,9-15H2. The van der Waals surface area contributed by atoms with Gasteiger partial charge in [-0.2, -0.15) is 0 Å². The van der Waals surface area contributed by atoms with Crippen LogP contribution in [0.4, 0.5) is 4.39 Å². The predicted molar refractivity (Wildman–Crippen MR) is 111 cm³/mol. The van der Waals surface area contributed by atoms with Crippen LogP contribution in [0.1, 0.15) is 17.9 Å². The van der Waals surface area contributed by atoms with E-state index in [9.17, 15) is 9.18 Å². The molecule has 6 nitrogen and oxygen atoms in total. The molecular weight excluding hydrogens is 407 g/mol. The van der Waals surface area contributed by atoms with E-state index in [1.165, 1.54) is 6.07 Å². The van der Waals surface area contributed by atoms with Crippen molar-refractivity contribution in [1.82, 2.24) is 20.0 Å².